The molecule has 0 spiro atoms. The van der Waals surface area contributed by atoms with E-state index in [1.807, 2.05) is 12.1 Å². The summed E-state index contributed by atoms with van der Waals surface area (Å²) in [5.41, 5.74) is 0.884. The summed E-state index contributed by atoms with van der Waals surface area (Å²) in [5.74, 6) is 0. The van der Waals surface area contributed by atoms with E-state index in [9.17, 15) is 0 Å². The van der Waals surface area contributed by atoms with Gasteiger partial charge in [0.15, 0.2) is 0 Å². The Kier molecular flexibility index (Phi) is 4.53. The van der Waals surface area contributed by atoms with Crippen LogP contribution in [0.3, 0.4) is 0 Å². The van der Waals surface area contributed by atoms with Gasteiger partial charge in [-0.1, -0.05) is 4.70 Å². The third-order valence-corrected chi connectivity index (χ3v) is 1.74. The predicted molar refractivity (Wildman–Crippen MR) is 31.8 cm³/mol. The Labute approximate surface area is 87.1 Å². The van der Waals surface area contributed by atoms with Gasteiger partial charge in [0.25, 0.3) is 0 Å². The normalized spacial score (nSPS) is 8.40. The Bertz CT molecular complexity index is 237. The quantitative estimate of drug-likeness (QED) is 0.266. The molecule has 0 aliphatic carbocycles. The molecule has 0 bridgehead atoms. The number of thiophene rings is 1. The van der Waals surface area contributed by atoms with Crippen molar-refractivity contribution in [1.29, 1.82) is 0 Å². The summed E-state index contributed by atoms with van der Waals surface area (Å²) in [6.07, 6.45) is 2.63. The summed E-state index contributed by atoms with van der Waals surface area (Å²) in [5, 5.41) is 2.95. The molecule has 0 atom stereocenters. The zero-order valence-electron chi connectivity index (χ0n) is 5.97. The standard InChI is InChI=1S/C6H2OS.2Li/c1-3-7-5-2-4-8-6(1)5;;/h1-2H;;/q-2;2*+1. The van der Waals surface area contributed by atoms with Crippen molar-refractivity contribution >= 4 is 21.6 Å². The van der Waals surface area contributed by atoms with Crippen LogP contribution in [0.2, 0.25) is 0 Å². The minimum absolute atomic E-state index is 0. The summed E-state index contributed by atoms with van der Waals surface area (Å²) >= 11 is 1.54. The van der Waals surface area contributed by atoms with Crippen molar-refractivity contribution in [3.8, 4) is 0 Å². The summed E-state index contributed by atoms with van der Waals surface area (Å²) in [4.78, 5) is 0. The molecule has 0 radical (unpaired) electrons. The van der Waals surface area contributed by atoms with Gasteiger partial charge >= 0.3 is 37.7 Å². The second kappa shape index (κ2) is 4.34. The zero-order chi connectivity index (χ0) is 5.40. The summed E-state index contributed by atoms with van der Waals surface area (Å²) < 4.78 is 6.03. The van der Waals surface area contributed by atoms with Crippen LogP contribution in [0.15, 0.2) is 16.5 Å². The van der Waals surface area contributed by atoms with E-state index in [0.29, 0.717) is 0 Å². The molecule has 2 rings (SSSR count). The average molecular weight is 136 g/mol. The molecule has 0 saturated carbocycles. The Morgan fingerprint density at radius 3 is 2.80 bits per heavy atom. The molecule has 2 heterocycles. The second-order valence-corrected chi connectivity index (χ2v) is 2.34. The SMILES string of the molecule is [Li+].[Li+].[c-]1cc2s[c-]cc2o1. The zero-order valence-corrected chi connectivity index (χ0v) is 6.79. The minimum Gasteiger partial charge on any atom is -0.591 e. The van der Waals surface area contributed by atoms with E-state index < -0.39 is 0 Å². The number of hydrogen-bond acceptors (Lipinski definition) is 2. The van der Waals surface area contributed by atoms with Gasteiger partial charge in [0, 0.05) is 0 Å². The van der Waals surface area contributed by atoms with Crippen LogP contribution in [-0.4, -0.2) is 0 Å². The van der Waals surface area contributed by atoms with Crippen molar-refractivity contribution in [2.75, 3.05) is 0 Å². The van der Waals surface area contributed by atoms with Crippen LogP contribution in [0.1, 0.15) is 0 Å². The van der Waals surface area contributed by atoms with Gasteiger partial charge < -0.3 is 4.42 Å². The van der Waals surface area contributed by atoms with Crippen molar-refractivity contribution in [3.63, 3.8) is 0 Å². The van der Waals surface area contributed by atoms with E-state index >= 15 is 0 Å². The largest absolute Gasteiger partial charge is 1.00 e. The molecular weight excluding hydrogens is 134 g/mol. The Hall–Kier alpha value is 0.435. The molecule has 0 aliphatic rings. The molecule has 0 aliphatic heterocycles. The van der Waals surface area contributed by atoms with Crippen LogP contribution >= 0.6 is 11.3 Å². The van der Waals surface area contributed by atoms with Crippen molar-refractivity contribution in [2.45, 2.75) is 0 Å². The van der Waals surface area contributed by atoms with E-state index in [0.717, 1.165) is 10.3 Å². The van der Waals surface area contributed by atoms with Crippen LogP contribution in [0.25, 0.3) is 10.3 Å². The van der Waals surface area contributed by atoms with Crippen molar-refractivity contribution < 1.29 is 42.1 Å². The molecule has 4 heteroatoms. The summed E-state index contributed by atoms with van der Waals surface area (Å²) in [6, 6.07) is 3.63. The second-order valence-electron chi connectivity index (χ2n) is 1.46. The van der Waals surface area contributed by atoms with E-state index in [-0.39, 0.29) is 37.7 Å². The first kappa shape index (κ1) is 10.4. The third-order valence-electron chi connectivity index (χ3n) is 0.961. The third kappa shape index (κ3) is 1.73. The molecule has 2 aromatic rings. The summed E-state index contributed by atoms with van der Waals surface area (Å²) in [7, 11) is 0. The Morgan fingerprint density at radius 1 is 1.30 bits per heavy atom. The molecule has 0 saturated heterocycles. The molecule has 40 valence electrons. The fourth-order valence-corrected chi connectivity index (χ4v) is 1.20. The molecule has 0 aromatic carbocycles. The monoisotopic (exact) mass is 136 g/mol. The molecule has 2 aromatic heterocycles. The number of rotatable bonds is 0. The van der Waals surface area contributed by atoms with Gasteiger partial charge in [-0.3, -0.25) is 11.3 Å². The van der Waals surface area contributed by atoms with Crippen LogP contribution < -0.4 is 37.7 Å². The van der Waals surface area contributed by atoms with E-state index in [2.05, 4.69) is 11.6 Å². The maximum absolute atomic E-state index is 4.91. The molecule has 0 amide bonds. The minimum atomic E-state index is 0. The maximum atomic E-state index is 4.91. The van der Waals surface area contributed by atoms with Gasteiger partial charge in [-0.15, -0.1) is 17.5 Å². The van der Waals surface area contributed by atoms with Crippen LogP contribution in [0.5, 0.6) is 0 Å². The molecule has 10 heavy (non-hydrogen) atoms. The van der Waals surface area contributed by atoms with Crippen molar-refractivity contribution in [1.82, 2.24) is 0 Å². The van der Waals surface area contributed by atoms with Crippen molar-refractivity contribution in [3.05, 3.63) is 23.8 Å². The van der Waals surface area contributed by atoms with Gasteiger partial charge in [0.2, 0.25) is 0 Å². The summed E-state index contributed by atoms with van der Waals surface area (Å²) in [6.45, 7) is 0. The van der Waals surface area contributed by atoms with E-state index in [4.69, 9.17) is 4.42 Å². The number of hydrogen-bond donors (Lipinski definition) is 0. The van der Waals surface area contributed by atoms with E-state index in [1.54, 1.807) is 11.3 Å². The van der Waals surface area contributed by atoms with Gasteiger partial charge in [-0.25, -0.2) is 0 Å². The van der Waals surface area contributed by atoms with Gasteiger partial charge in [-0.2, -0.15) is 0 Å². The molecule has 1 nitrogen and oxygen atoms in total. The number of fused-ring (bicyclic) bond motifs is 1. The molecular formula is C6H2Li2OS. The molecule has 0 unspecified atom stereocenters. The Morgan fingerprint density at radius 2 is 2.10 bits per heavy atom. The van der Waals surface area contributed by atoms with E-state index in [1.165, 1.54) is 0 Å². The number of furan rings is 1. The predicted octanol–water partition coefficient (Wildman–Crippen LogP) is -3.90. The van der Waals surface area contributed by atoms with Gasteiger partial charge in [0.05, 0.1) is 0 Å². The van der Waals surface area contributed by atoms with Gasteiger partial charge in [0.1, 0.15) is 0 Å². The smallest absolute Gasteiger partial charge is 0.591 e. The maximum Gasteiger partial charge on any atom is 1.00 e. The Balaban J connectivity index is 0.000000405. The first-order valence-corrected chi connectivity index (χ1v) is 3.04. The first-order valence-electron chi connectivity index (χ1n) is 2.22. The topological polar surface area (TPSA) is 13.1 Å². The van der Waals surface area contributed by atoms with Crippen molar-refractivity contribution in [2.24, 2.45) is 0 Å². The molecule has 0 fully saturated rings. The first-order chi connectivity index (χ1) is 3.97. The van der Waals surface area contributed by atoms with Crippen LogP contribution in [0.4, 0.5) is 0 Å². The van der Waals surface area contributed by atoms with Gasteiger partial charge in [-0.05, 0) is 11.8 Å². The van der Waals surface area contributed by atoms with Crippen LogP contribution in [0, 0.1) is 11.6 Å². The fraction of sp³-hybridized carbons (Fsp3) is 0. The van der Waals surface area contributed by atoms with Crippen LogP contribution in [-0.2, 0) is 0 Å². The fourth-order valence-electron chi connectivity index (χ4n) is 0.595. The average Bonchev–Trinajstić information content (AvgIpc) is 2.15. The molecule has 0 N–H and O–H groups in total.